The molecule has 0 aliphatic carbocycles. The third-order valence-corrected chi connectivity index (χ3v) is 9.04. The van der Waals surface area contributed by atoms with Gasteiger partial charge in [0.25, 0.3) is 0 Å². The first-order valence-corrected chi connectivity index (χ1v) is 16.8. The highest BCUT2D eigenvalue weighted by Gasteiger charge is 2.14. The molecule has 3 heteroatoms. The van der Waals surface area contributed by atoms with Gasteiger partial charge in [-0.05, 0) is 158 Å². The van der Waals surface area contributed by atoms with Gasteiger partial charge in [0, 0.05) is 23.1 Å². The van der Waals surface area contributed by atoms with Crippen LogP contribution in [-0.2, 0) is 12.8 Å². The van der Waals surface area contributed by atoms with Gasteiger partial charge in [0.1, 0.15) is 23.0 Å². The quantitative estimate of drug-likeness (QED) is 0.133. The van der Waals surface area contributed by atoms with E-state index in [1.807, 2.05) is 66.7 Å². The monoisotopic (exact) mass is 641 g/mol. The standard InChI is InChI=1S/C46H43NO2/c1-7-36-15-23-43(24-16-36)48-45-29-39(30-46(31-45)49-44-25-17-37(8-2)18-26-44)12-11-38-13-21-40(22-14-38)47(41-19-9-32(3)34(5)27-41)42-20-10-33(4)35(6)28-42/h7-10,13-31H,1-2,11-12H2,3-6H3. The second kappa shape index (κ2) is 15.0. The molecule has 0 aliphatic rings. The van der Waals surface area contributed by atoms with Gasteiger partial charge < -0.3 is 14.4 Å². The zero-order valence-electron chi connectivity index (χ0n) is 28.9. The van der Waals surface area contributed by atoms with Crippen LogP contribution in [0.1, 0.15) is 44.5 Å². The van der Waals surface area contributed by atoms with Crippen LogP contribution in [0.2, 0.25) is 0 Å². The van der Waals surface area contributed by atoms with Crippen molar-refractivity contribution in [2.75, 3.05) is 4.90 Å². The fourth-order valence-corrected chi connectivity index (χ4v) is 5.79. The molecule has 0 saturated carbocycles. The smallest absolute Gasteiger partial charge is 0.131 e. The highest BCUT2D eigenvalue weighted by atomic mass is 16.5. The van der Waals surface area contributed by atoms with E-state index in [1.165, 1.54) is 27.8 Å². The number of hydrogen-bond donors (Lipinski definition) is 0. The first-order chi connectivity index (χ1) is 23.8. The Balaban J connectivity index is 1.25. The molecule has 0 fully saturated rings. The lowest BCUT2D eigenvalue weighted by Gasteiger charge is -2.27. The Labute approximate surface area is 291 Å². The van der Waals surface area contributed by atoms with E-state index in [2.05, 4.69) is 119 Å². The van der Waals surface area contributed by atoms with Crippen molar-refractivity contribution >= 4 is 29.2 Å². The molecule has 0 bridgehead atoms. The van der Waals surface area contributed by atoms with Crippen molar-refractivity contribution < 1.29 is 9.47 Å². The van der Waals surface area contributed by atoms with Crippen LogP contribution in [0.15, 0.2) is 141 Å². The lowest BCUT2D eigenvalue weighted by molar-refractivity contribution is 0.459. The van der Waals surface area contributed by atoms with Crippen molar-refractivity contribution in [1.29, 1.82) is 0 Å². The molecule has 0 unspecified atom stereocenters. The first kappa shape index (κ1) is 33.1. The topological polar surface area (TPSA) is 21.7 Å². The minimum atomic E-state index is 0.731. The van der Waals surface area contributed by atoms with Crippen molar-refractivity contribution in [2.45, 2.75) is 40.5 Å². The molecular weight excluding hydrogens is 599 g/mol. The molecule has 6 rings (SSSR count). The number of aryl methyl sites for hydroxylation is 6. The van der Waals surface area contributed by atoms with Crippen LogP contribution in [0.25, 0.3) is 12.2 Å². The molecule has 3 nitrogen and oxygen atoms in total. The van der Waals surface area contributed by atoms with Gasteiger partial charge in [0.15, 0.2) is 0 Å². The Hall–Kier alpha value is -5.80. The molecular formula is C46H43NO2. The minimum Gasteiger partial charge on any atom is -0.457 e. The Morgan fingerprint density at radius 2 is 0.857 bits per heavy atom. The molecule has 0 radical (unpaired) electrons. The van der Waals surface area contributed by atoms with Crippen LogP contribution in [0, 0.1) is 27.7 Å². The van der Waals surface area contributed by atoms with Crippen molar-refractivity contribution in [3.05, 3.63) is 185 Å². The van der Waals surface area contributed by atoms with Crippen molar-refractivity contribution in [2.24, 2.45) is 0 Å². The molecule has 49 heavy (non-hydrogen) atoms. The summed E-state index contributed by atoms with van der Waals surface area (Å²) in [6, 6.07) is 44.3. The van der Waals surface area contributed by atoms with Crippen molar-refractivity contribution in [3.8, 4) is 23.0 Å². The normalized spacial score (nSPS) is 10.8. The second-order valence-electron chi connectivity index (χ2n) is 12.6. The number of ether oxygens (including phenoxy) is 2. The summed E-state index contributed by atoms with van der Waals surface area (Å²) >= 11 is 0. The maximum atomic E-state index is 6.31. The maximum Gasteiger partial charge on any atom is 0.131 e. The van der Waals surface area contributed by atoms with Crippen molar-refractivity contribution in [3.63, 3.8) is 0 Å². The summed E-state index contributed by atoms with van der Waals surface area (Å²) in [5.74, 6) is 2.98. The van der Waals surface area contributed by atoms with Crippen LogP contribution < -0.4 is 14.4 Å². The molecule has 0 atom stereocenters. The van der Waals surface area contributed by atoms with Gasteiger partial charge in [0.05, 0.1) is 0 Å². The molecule has 6 aromatic carbocycles. The van der Waals surface area contributed by atoms with Crippen LogP contribution >= 0.6 is 0 Å². The summed E-state index contributed by atoms with van der Waals surface area (Å²) in [5, 5.41) is 0. The molecule has 0 aliphatic heterocycles. The van der Waals surface area contributed by atoms with Gasteiger partial charge >= 0.3 is 0 Å². The van der Waals surface area contributed by atoms with E-state index in [9.17, 15) is 0 Å². The summed E-state index contributed by atoms with van der Waals surface area (Å²) in [6.45, 7) is 16.4. The zero-order chi connectivity index (χ0) is 34.3. The zero-order valence-corrected chi connectivity index (χ0v) is 28.9. The van der Waals surface area contributed by atoms with Gasteiger partial charge in [-0.2, -0.15) is 0 Å². The highest BCUT2D eigenvalue weighted by Crippen LogP contribution is 2.37. The third-order valence-electron chi connectivity index (χ3n) is 9.04. The number of benzene rings is 6. The largest absolute Gasteiger partial charge is 0.457 e. The fourth-order valence-electron chi connectivity index (χ4n) is 5.79. The molecule has 0 N–H and O–H groups in total. The van der Waals surface area contributed by atoms with Crippen molar-refractivity contribution in [1.82, 2.24) is 0 Å². The van der Waals surface area contributed by atoms with Gasteiger partial charge in [-0.25, -0.2) is 0 Å². The molecule has 0 aromatic heterocycles. The lowest BCUT2D eigenvalue weighted by atomic mass is 10.0. The van der Waals surface area contributed by atoms with Crippen LogP contribution in [0.5, 0.6) is 23.0 Å². The molecule has 0 saturated heterocycles. The number of rotatable bonds is 12. The van der Waals surface area contributed by atoms with Crippen LogP contribution in [0.3, 0.4) is 0 Å². The van der Waals surface area contributed by atoms with E-state index < -0.39 is 0 Å². The molecule has 6 aromatic rings. The number of nitrogens with zero attached hydrogens (tertiary/aromatic N) is 1. The van der Waals surface area contributed by atoms with Gasteiger partial charge in [-0.3, -0.25) is 0 Å². The Morgan fingerprint density at radius 3 is 1.29 bits per heavy atom. The van der Waals surface area contributed by atoms with E-state index in [0.29, 0.717) is 0 Å². The molecule has 244 valence electrons. The SMILES string of the molecule is C=Cc1ccc(Oc2cc(CCc3ccc(N(c4ccc(C)c(C)c4)c4ccc(C)c(C)c4)cc3)cc(Oc3ccc(C=C)cc3)c2)cc1. The maximum absolute atomic E-state index is 6.31. The Kier molecular flexibility index (Phi) is 10.1. The lowest BCUT2D eigenvalue weighted by Crippen LogP contribution is -2.11. The summed E-state index contributed by atoms with van der Waals surface area (Å²) in [5.41, 5.74) is 13.1. The Bertz CT molecular complexity index is 1950. The van der Waals surface area contributed by atoms with Gasteiger partial charge in [-0.15, -0.1) is 0 Å². The van der Waals surface area contributed by atoms with E-state index in [0.717, 1.165) is 69.6 Å². The van der Waals surface area contributed by atoms with Crippen LogP contribution in [0.4, 0.5) is 17.1 Å². The number of hydrogen-bond acceptors (Lipinski definition) is 3. The average Bonchev–Trinajstić information content (AvgIpc) is 3.11. The summed E-state index contributed by atoms with van der Waals surface area (Å²) in [4.78, 5) is 2.34. The Morgan fingerprint density at radius 1 is 0.429 bits per heavy atom. The van der Waals surface area contributed by atoms with E-state index in [-0.39, 0.29) is 0 Å². The fraction of sp³-hybridized carbons (Fsp3) is 0.130. The molecule has 0 amide bonds. The number of anilines is 3. The van der Waals surface area contributed by atoms with Gasteiger partial charge in [-0.1, -0.05) is 73.8 Å². The molecule has 0 spiro atoms. The van der Waals surface area contributed by atoms with E-state index in [4.69, 9.17) is 9.47 Å². The summed E-state index contributed by atoms with van der Waals surface area (Å²) in [6.07, 6.45) is 5.35. The first-order valence-electron chi connectivity index (χ1n) is 16.8. The van der Waals surface area contributed by atoms with Crippen LogP contribution in [-0.4, -0.2) is 0 Å². The van der Waals surface area contributed by atoms with Gasteiger partial charge in [0.2, 0.25) is 0 Å². The molecule has 0 heterocycles. The predicted octanol–water partition coefficient (Wildman–Crippen LogP) is 13.0. The summed E-state index contributed by atoms with van der Waals surface area (Å²) < 4.78 is 12.6. The predicted molar refractivity (Wildman–Crippen MR) is 207 cm³/mol. The van der Waals surface area contributed by atoms with E-state index in [1.54, 1.807) is 0 Å². The third kappa shape index (κ3) is 8.20. The second-order valence-corrected chi connectivity index (χ2v) is 12.6. The highest BCUT2D eigenvalue weighted by molar-refractivity contribution is 5.77. The van der Waals surface area contributed by atoms with E-state index >= 15 is 0 Å². The summed E-state index contributed by atoms with van der Waals surface area (Å²) in [7, 11) is 0. The average molecular weight is 642 g/mol. The minimum absolute atomic E-state index is 0.731.